The highest BCUT2D eigenvalue weighted by atomic mass is 79.9. The number of hydrogen-bond acceptors (Lipinski definition) is 5. The minimum Gasteiger partial charge on any atom is -0.411 e. The van der Waals surface area contributed by atoms with Crippen molar-refractivity contribution in [3.8, 4) is 11.5 Å². The van der Waals surface area contributed by atoms with Gasteiger partial charge in [0, 0.05) is 16.6 Å². The van der Waals surface area contributed by atoms with E-state index < -0.39 is 0 Å². The number of halogens is 1. The van der Waals surface area contributed by atoms with Crippen LogP contribution >= 0.6 is 27.7 Å². The summed E-state index contributed by atoms with van der Waals surface area (Å²) in [5, 5.41) is 11.1. The summed E-state index contributed by atoms with van der Waals surface area (Å²) in [4.78, 5) is 12.4. The first-order valence-corrected chi connectivity index (χ1v) is 10.3. The minimum absolute atomic E-state index is 0.0509. The first-order valence-electron chi connectivity index (χ1n) is 8.61. The molecule has 140 valence electrons. The van der Waals surface area contributed by atoms with E-state index in [1.54, 1.807) is 0 Å². The van der Waals surface area contributed by atoms with E-state index in [9.17, 15) is 4.79 Å². The number of nitrogens with one attached hydrogen (secondary N) is 1. The Morgan fingerprint density at radius 3 is 2.67 bits per heavy atom. The predicted octanol–water partition coefficient (Wildman–Crippen LogP) is 4.90. The Labute approximate surface area is 171 Å². The van der Waals surface area contributed by atoms with Crippen molar-refractivity contribution in [2.75, 3.05) is 6.54 Å². The first-order chi connectivity index (χ1) is 13.0. The van der Waals surface area contributed by atoms with Crippen LogP contribution in [0.5, 0.6) is 0 Å². The fourth-order valence-corrected chi connectivity index (χ4v) is 3.60. The van der Waals surface area contributed by atoms with Crippen molar-refractivity contribution in [1.29, 1.82) is 0 Å². The molecule has 5 nitrogen and oxygen atoms in total. The van der Waals surface area contributed by atoms with Gasteiger partial charge in [0.25, 0.3) is 5.22 Å². The lowest BCUT2D eigenvalue weighted by Crippen LogP contribution is -2.33. The Balaban J connectivity index is 1.54. The molecule has 0 spiro atoms. The van der Waals surface area contributed by atoms with Crippen molar-refractivity contribution in [3.05, 3.63) is 64.6 Å². The first kappa shape index (κ1) is 19.6. The average Bonchev–Trinajstić information content (AvgIpc) is 3.15. The maximum Gasteiger partial charge on any atom is 0.277 e. The van der Waals surface area contributed by atoms with Crippen LogP contribution in [0.15, 0.2) is 68.7 Å². The molecule has 2 atom stereocenters. The van der Waals surface area contributed by atoms with Crippen LogP contribution in [0.1, 0.15) is 25.3 Å². The molecule has 3 rings (SSSR count). The Bertz CT molecular complexity index is 901. The minimum atomic E-state index is -0.330. The number of rotatable bonds is 7. The van der Waals surface area contributed by atoms with Gasteiger partial charge in [0.2, 0.25) is 11.8 Å². The monoisotopic (exact) mass is 445 g/mol. The summed E-state index contributed by atoms with van der Waals surface area (Å²) >= 11 is 4.68. The van der Waals surface area contributed by atoms with Gasteiger partial charge in [0.05, 0.1) is 5.25 Å². The lowest BCUT2D eigenvalue weighted by atomic mass is 10.0. The van der Waals surface area contributed by atoms with Gasteiger partial charge >= 0.3 is 0 Å². The van der Waals surface area contributed by atoms with Crippen LogP contribution in [-0.4, -0.2) is 27.9 Å². The number of thioether (sulfide) groups is 1. The summed E-state index contributed by atoms with van der Waals surface area (Å²) in [6.07, 6.45) is 0. The van der Waals surface area contributed by atoms with Crippen LogP contribution in [-0.2, 0) is 4.79 Å². The third-order valence-corrected chi connectivity index (χ3v) is 5.50. The molecule has 1 amide bonds. The molecule has 2 aromatic carbocycles. The van der Waals surface area contributed by atoms with Crippen molar-refractivity contribution in [3.63, 3.8) is 0 Å². The molecular formula is C20H20BrN3O2S. The molecule has 0 unspecified atom stereocenters. The van der Waals surface area contributed by atoms with Gasteiger partial charge in [-0.05, 0) is 36.6 Å². The summed E-state index contributed by atoms with van der Waals surface area (Å²) < 4.78 is 6.62. The highest BCUT2D eigenvalue weighted by Crippen LogP contribution is 2.27. The van der Waals surface area contributed by atoms with E-state index in [0.29, 0.717) is 17.7 Å². The molecule has 1 heterocycles. The second-order valence-corrected chi connectivity index (χ2v) is 8.41. The normalized spacial score (nSPS) is 13.1. The summed E-state index contributed by atoms with van der Waals surface area (Å²) in [6, 6.07) is 17.8. The average molecular weight is 446 g/mol. The van der Waals surface area contributed by atoms with E-state index in [4.69, 9.17) is 4.42 Å². The molecule has 1 aromatic heterocycles. The highest BCUT2D eigenvalue weighted by molar-refractivity contribution is 9.10. The highest BCUT2D eigenvalue weighted by Gasteiger charge is 2.19. The van der Waals surface area contributed by atoms with Crippen LogP contribution in [0.3, 0.4) is 0 Å². The molecular weight excluding hydrogens is 426 g/mol. The van der Waals surface area contributed by atoms with E-state index in [-0.39, 0.29) is 17.1 Å². The second-order valence-electron chi connectivity index (χ2n) is 6.20. The van der Waals surface area contributed by atoms with Gasteiger partial charge in [-0.2, -0.15) is 0 Å². The Morgan fingerprint density at radius 1 is 1.15 bits per heavy atom. The third kappa shape index (κ3) is 5.43. The number of benzene rings is 2. The number of aromatic nitrogens is 2. The fourth-order valence-electron chi connectivity index (χ4n) is 2.50. The topological polar surface area (TPSA) is 68.0 Å². The second kappa shape index (κ2) is 9.19. The molecule has 0 saturated carbocycles. The van der Waals surface area contributed by atoms with Crippen molar-refractivity contribution >= 4 is 33.6 Å². The molecule has 0 aliphatic carbocycles. The third-order valence-electron chi connectivity index (χ3n) is 4.08. The summed E-state index contributed by atoms with van der Waals surface area (Å²) in [5.41, 5.74) is 2.03. The summed E-state index contributed by atoms with van der Waals surface area (Å²) in [5.74, 6) is 0.632. The van der Waals surface area contributed by atoms with Gasteiger partial charge in [0.1, 0.15) is 0 Å². The molecule has 0 radical (unpaired) electrons. The predicted molar refractivity (Wildman–Crippen MR) is 111 cm³/mol. The van der Waals surface area contributed by atoms with E-state index in [0.717, 1.165) is 10.0 Å². The zero-order chi connectivity index (χ0) is 19.2. The molecule has 0 aliphatic rings. The van der Waals surface area contributed by atoms with Gasteiger partial charge in [0.15, 0.2) is 0 Å². The summed E-state index contributed by atoms with van der Waals surface area (Å²) in [7, 11) is 0. The smallest absolute Gasteiger partial charge is 0.277 e. The molecule has 0 aliphatic heterocycles. The number of carbonyl (C=O) groups is 1. The van der Waals surface area contributed by atoms with Crippen LogP contribution in [0.25, 0.3) is 11.5 Å². The SMILES string of the molecule is C[C@@H](Sc1nnc(-c2cccc(Br)c2)o1)C(=O)NC[C@H](C)c1ccccc1. The molecule has 7 heteroatoms. The quantitative estimate of drug-likeness (QED) is 0.523. The van der Waals surface area contributed by atoms with E-state index in [1.807, 2.05) is 49.4 Å². The van der Waals surface area contributed by atoms with Crippen LogP contribution in [0.4, 0.5) is 0 Å². The lowest BCUT2D eigenvalue weighted by molar-refractivity contribution is -0.120. The Morgan fingerprint density at radius 2 is 1.93 bits per heavy atom. The maximum absolute atomic E-state index is 12.4. The summed E-state index contributed by atoms with van der Waals surface area (Å²) in [6.45, 7) is 4.51. The number of hydrogen-bond donors (Lipinski definition) is 1. The van der Waals surface area contributed by atoms with E-state index in [2.05, 4.69) is 50.5 Å². The zero-order valence-corrected chi connectivity index (χ0v) is 17.5. The largest absolute Gasteiger partial charge is 0.411 e. The van der Waals surface area contributed by atoms with Crippen LogP contribution in [0.2, 0.25) is 0 Å². The van der Waals surface area contributed by atoms with E-state index in [1.165, 1.54) is 17.3 Å². The maximum atomic E-state index is 12.4. The number of amides is 1. The van der Waals surface area contributed by atoms with Gasteiger partial charge in [-0.3, -0.25) is 4.79 Å². The molecule has 0 bridgehead atoms. The molecule has 0 fully saturated rings. The van der Waals surface area contributed by atoms with Crippen LogP contribution < -0.4 is 5.32 Å². The fraction of sp³-hybridized carbons (Fsp3) is 0.250. The van der Waals surface area contributed by atoms with Gasteiger partial charge in [-0.1, -0.05) is 71.0 Å². The molecule has 3 aromatic rings. The van der Waals surface area contributed by atoms with E-state index >= 15 is 0 Å². The molecule has 27 heavy (non-hydrogen) atoms. The Kier molecular flexibility index (Phi) is 6.68. The van der Waals surface area contributed by atoms with Crippen molar-refractivity contribution < 1.29 is 9.21 Å². The van der Waals surface area contributed by atoms with Gasteiger partial charge < -0.3 is 9.73 Å². The van der Waals surface area contributed by atoms with Crippen molar-refractivity contribution in [2.45, 2.75) is 30.2 Å². The molecule has 1 N–H and O–H groups in total. The van der Waals surface area contributed by atoms with Gasteiger partial charge in [-0.25, -0.2) is 0 Å². The van der Waals surface area contributed by atoms with Crippen molar-refractivity contribution in [1.82, 2.24) is 15.5 Å². The number of carbonyl (C=O) groups excluding carboxylic acids is 1. The van der Waals surface area contributed by atoms with Crippen molar-refractivity contribution in [2.24, 2.45) is 0 Å². The standard InChI is InChI=1S/C20H20BrN3O2S/c1-13(15-7-4-3-5-8-15)12-22-18(25)14(2)27-20-24-23-19(26-20)16-9-6-10-17(21)11-16/h3-11,13-14H,12H2,1-2H3,(H,22,25)/t13-,14+/m0/s1. The zero-order valence-electron chi connectivity index (χ0n) is 15.1. The lowest BCUT2D eigenvalue weighted by Gasteiger charge is -2.15. The molecule has 0 saturated heterocycles. The number of nitrogens with zero attached hydrogens (tertiary/aromatic N) is 2. The Hall–Kier alpha value is -2.12. The van der Waals surface area contributed by atoms with Gasteiger partial charge in [-0.15, -0.1) is 10.2 Å². The van der Waals surface area contributed by atoms with Crippen LogP contribution in [0, 0.1) is 0 Å².